The number of carbonyl (C=O) groups excluding carboxylic acids is 2. The number of nitriles is 1. The summed E-state index contributed by atoms with van der Waals surface area (Å²) in [7, 11) is -1.58. The van der Waals surface area contributed by atoms with Crippen molar-refractivity contribution in [2.75, 3.05) is 17.2 Å². The Balaban J connectivity index is 1.51. The lowest BCUT2D eigenvalue weighted by atomic mass is 9.79. The zero-order valence-electron chi connectivity index (χ0n) is 27.5. The van der Waals surface area contributed by atoms with Gasteiger partial charge >= 0.3 is 6.03 Å². The van der Waals surface area contributed by atoms with E-state index in [0.717, 1.165) is 19.3 Å². The number of hydrogen-bond acceptors (Lipinski definition) is 5. The summed E-state index contributed by atoms with van der Waals surface area (Å²) in [5.41, 5.74) is 9.93. The number of anilines is 2. The van der Waals surface area contributed by atoms with Crippen molar-refractivity contribution in [3.8, 4) is 6.07 Å². The zero-order chi connectivity index (χ0) is 35.3. The molecule has 3 aromatic rings. The molecule has 2 aliphatic rings. The minimum Gasteiger partial charge on any atom is -0.322 e. The largest absolute Gasteiger partial charge is 0.322 e. The van der Waals surface area contributed by atoms with Crippen LogP contribution in [0.4, 0.5) is 20.6 Å². The van der Waals surface area contributed by atoms with Gasteiger partial charge in [-0.2, -0.15) is 5.26 Å². The molecule has 0 aromatic heterocycles. The van der Waals surface area contributed by atoms with Gasteiger partial charge in [-0.05, 0) is 111 Å². The van der Waals surface area contributed by atoms with Crippen molar-refractivity contribution >= 4 is 45.9 Å². The number of nitrogens with zero attached hydrogens (tertiary/aromatic N) is 5. The predicted octanol–water partition coefficient (Wildman–Crippen LogP) is 7.76. The fourth-order valence-corrected chi connectivity index (χ4v) is 6.98. The van der Waals surface area contributed by atoms with Gasteiger partial charge in [-0.25, -0.2) is 18.1 Å². The van der Waals surface area contributed by atoms with Crippen LogP contribution < -0.4 is 15.4 Å². The van der Waals surface area contributed by atoms with Crippen LogP contribution in [0.2, 0.25) is 5.02 Å². The molecule has 0 bridgehead atoms. The standard InChI is InChI=1S/C35H38ClFN8O3S/c1-34(2,3)49(48)43-35(16-15-22-7-8-22,24-6-4-5-23(17-24)20-38)25-9-14-29(37)30(18-25)41-32(46)31-19-28(42-44-39)21-45(31)33(47)40-27-12-10-26(36)11-13-27/h4-6,9-14,17-18,22,28,31,43H,7-8,15-16,19,21H2,1-3H3,(H,40,47)(H,41,46)/t28-,31+,35?,49+/m0/s1. The molecule has 1 unspecified atom stereocenters. The highest BCUT2D eigenvalue weighted by atomic mass is 35.5. The molecule has 1 aliphatic heterocycles. The molecule has 14 heteroatoms. The lowest BCUT2D eigenvalue weighted by Gasteiger charge is -2.38. The van der Waals surface area contributed by atoms with Crippen LogP contribution in [0.1, 0.15) is 69.6 Å². The van der Waals surface area contributed by atoms with E-state index in [1.54, 1.807) is 48.5 Å². The second kappa shape index (κ2) is 15.0. The normalized spacial score (nSPS) is 19.2. The number of rotatable bonds is 11. The van der Waals surface area contributed by atoms with Crippen LogP contribution in [-0.2, 0) is 21.3 Å². The van der Waals surface area contributed by atoms with E-state index in [4.69, 9.17) is 17.1 Å². The molecule has 3 amide bonds. The number of amides is 3. The number of halogens is 2. The van der Waals surface area contributed by atoms with Crippen molar-refractivity contribution < 1.29 is 18.2 Å². The summed E-state index contributed by atoms with van der Waals surface area (Å²) in [4.78, 5) is 31.3. The SMILES string of the molecule is CC(C)(C)[S@@](=O)NC(CCC1CC1)(c1cccc(C#N)c1)c1ccc(F)c(NC(=O)[C@H]2C[C@H](N=[N+]=[N-])CN2C(=O)Nc2ccc(Cl)cc2)c1. The average Bonchev–Trinajstić information content (AvgIpc) is 3.81. The summed E-state index contributed by atoms with van der Waals surface area (Å²) < 4.78 is 32.1. The number of benzene rings is 3. The van der Waals surface area contributed by atoms with E-state index >= 15 is 4.39 Å². The third-order valence-electron chi connectivity index (χ3n) is 8.80. The Labute approximate surface area is 292 Å². The first kappa shape index (κ1) is 35.8. The first-order valence-corrected chi connectivity index (χ1v) is 17.5. The van der Waals surface area contributed by atoms with Crippen molar-refractivity contribution in [1.29, 1.82) is 5.26 Å². The summed E-state index contributed by atoms with van der Waals surface area (Å²) in [6.45, 7) is 5.53. The van der Waals surface area contributed by atoms with Crippen LogP contribution in [0.25, 0.3) is 10.4 Å². The van der Waals surface area contributed by atoms with Crippen LogP contribution in [0, 0.1) is 23.1 Å². The maximum absolute atomic E-state index is 15.6. The van der Waals surface area contributed by atoms with E-state index in [1.807, 2.05) is 26.8 Å². The van der Waals surface area contributed by atoms with E-state index in [9.17, 15) is 19.1 Å². The fourth-order valence-electron chi connectivity index (χ4n) is 5.89. The first-order valence-electron chi connectivity index (χ1n) is 16.0. The Morgan fingerprint density at radius 2 is 1.82 bits per heavy atom. The lowest BCUT2D eigenvalue weighted by molar-refractivity contribution is -0.119. The van der Waals surface area contributed by atoms with Gasteiger partial charge in [0.2, 0.25) is 5.91 Å². The molecule has 11 nitrogen and oxygen atoms in total. The third-order valence-corrected chi connectivity index (χ3v) is 10.7. The van der Waals surface area contributed by atoms with Gasteiger partial charge in [-0.1, -0.05) is 47.8 Å². The molecule has 256 valence electrons. The van der Waals surface area contributed by atoms with E-state index in [-0.39, 0.29) is 18.7 Å². The van der Waals surface area contributed by atoms with Crippen LogP contribution >= 0.6 is 11.6 Å². The van der Waals surface area contributed by atoms with Gasteiger partial charge in [-0.15, -0.1) is 0 Å². The quantitative estimate of drug-likeness (QED) is 0.106. The maximum atomic E-state index is 15.6. The second-order valence-electron chi connectivity index (χ2n) is 13.4. The zero-order valence-corrected chi connectivity index (χ0v) is 29.0. The molecular formula is C35H38ClFN8O3S. The Kier molecular flexibility index (Phi) is 10.9. The van der Waals surface area contributed by atoms with E-state index in [0.29, 0.717) is 39.7 Å². The molecule has 2 fully saturated rings. The van der Waals surface area contributed by atoms with E-state index < -0.39 is 51.1 Å². The van der Waals surface area contributed by atoms with Gasteiger partial charge < -0.3 is 15.5 Å². The molecule has 1 aliphatic carbocycles. The lowest BCUT2D eigenvalue weighted by Crippen LogP contribution is -2.49. The third kappa shape index (κ3) is 8.58. The minimum atomic E-state index is -1.58. The summed E-state index contributed by atoms with van der Waals surface area (Å²) >= 11 is 5.96. The molecule has 3 aromatic carbocycles. The average molecular weight is 705 g/mol. The van der Waals surface area contributed by atoms with Crippen molar-refractivity contribution in [3.05, 3.63) is 105 Å². The molecule has 1 saturated carbocycles. The van der Waals surface area contributed by atoms with Crippen LogP contribution in [-0.4, -0.2) is 44.4 Å². The highest BCUT2D eigenvalue weighted by Gasteiger charge is 2.42. The number of azide groups is 1. The Morgan fingerprint density at radius 3 is 2.47 bits per heavy atom. The number of urea groups is 1. The molecule has 5 rings (SSSR count). The number of hydrogen-bond donors (Lipinski definition) is 3. The molecule has 0 spiro atoms. The summed E-state index contributed by atoms with van der Waals surface area (Å²) in [5, 5.41) is 19.4. The Hall–Kier alpha value is -4.47. The van der Waals surface area contributed by atoms with Gasteiger partial charge in [0.15, 0.2) is 0 Å². The fraction of sp³-hybridized carbons (Fsp3) is 0.400. The van der Waals surface area contributed by atoms with Crippen molar-refractivity contribution in [1.82, 2.24) is 9.62 Å². The molecular weight excluding hydrogens is 667 g/mol. The number of nitrogens with one attached hydrogen (secondary N) is 3. The van der Waals surface area contributed by atoms with Crippen molar-refractivity contribution in [2.45, 2.75) is 75.2 Å². The Morgan fingerprint density at radius 1 is 1.10 bits per heavy atom. The van der Waals surface area contributed by atoms with E-state index in [2.05, 4.69) is 31.5 Å². The van der Waals surface area contributed by atoms with Gasteiger partial charge in [0.05, 0.1) is 44.6 Å². The van der Waals surface area contributed by atoms with Gasteiger partial charge in [-0.3, -0.25) is 4.79 Å². The summed E-state index contributed by atoms with van der Waals surface area (Å²) in [6, 6.07) is 17.7. The monoisotopic (exact) mass is 704 g/mol. The summed E-state index contributed by atoms with van der Waals surface area (Å²) in [5.74, 6) is -0.878. The molecule has 3 N–H and O–H groups in total. The smallest absolute Gasteiger partial charge is 0.322 e. The van der Waals surface area contributed by atoms with Crippen molar-refractivity contribution in [3.63, 3.8) is 0 Å². The minimum absolute atomic E-state index is 0.0217. The molecule has 0 radical (unpaired) electrons. The topological polar surface area (TPSA) is 163 Å². The molecule has 4 atom stereocenters. The van der Waals surface area contributed by atoms with E-state index in [1.165, 1.54) is 17.0 Å². The Bertz CT molecular complexity index is 1840. The van der Waals surface area contributed by atoms with Crippen LogP contribution in [0.3, 0.4) is 0 Å². The van der Waals surface area contributed by atoms with Gasteiger partial charge in [0.25, 0.3) is 0 Å². The predicted molar refractivity (Wildman–Crippen MR) is 188 cm³/mol. The molecule has 1 heterocycles. The van der Waals surface area contributed by atoms with Crippen molar-refractivity contribution in [2.24, 2.45) is 11.0 Å². The van der Waals surface area contributed by atoms with Crippen LogP contribution in [0.15, 0.2) is 71.8 Å². The maximum Gasteiger partial charge on any atom is 0.322 e. The highest BCUT2D eigenvalue weighted by molar-refractivity contribution is 7.84. The first-order chi connectivity index (χ1) is 23.3. The molecule has 49 heavy (non-hydrogen) atoms. The number of carbonyl (C=O) groups is 2. The molecule has 1 saturated heterocycles. The van der Waals surface area contributed by atoms with Gasteiger partial charge in [0.1, 0.15) is 11.9 Å². The van der Waals surface area contributed by atoms with Crippen LogP contribution in [0.5, 0.6) is 0 Å². The highest BCUT2D eigenvalue weighted by Crippen LogP contribution is 2.43. The number of likely N-dealkylation sites (tertiary alicyclic amines) is 1. The second-order valence-corrected chi connectivity index (χ2v) is 15.8. The summed E-state index contributed by atoms with van der Waals surface area (Å²) in [6.07, 6.45) is 3.50. The van der Waals surface area contributed by atoms with Gasteiger partial charge in [0, 0.05) is 22.2 Å².